The van der Waals surface area contributed by atoms with Crippen LogP contribution in [0.4, 0.5) is 23.7 Å². The van der Waals surface area contributed by atoms with Crippen LogP contribution in [0.3, 0.4) is 0 Å². The highest BCUT2D eigenvalue weighted by Crippen LogP contribution is 2.47. The Hall–Kier alpha value is -2.96. The molecule has 35 heavy (non-hydrogen) atoms. The van der Waals surface area contributed by atoms with Crippen molar-refractivity contribution >= 4 is 17.6 Å². The Kier molecular flexibility index (Phi) is 6.06. The Morgan fingerprint density at radius 1 is 1.06 bits per heavy atom. The van der Waals surface area contributed by atoms with Gasteiger partial charge in [-0.25, -0.2) is 4.79 Å². The Morgan fingerprint density at radius 3 is 2.31 bits per heavy atom. The van der Waals surface area contributed by atoms with Crippen LogP contribution in [0.1, 0.15) is 49.7 Å². The molecule has 0 bridgehead atoms. The molecule has 1 N–H and O–H groups in total. The maximum atomic E-state index is 13.6. The molecule has 3 saturated heterocycles. The number of piperidine rings is 1. The molecule has 1 saturated carbocycles. The number of alkyl halides is 3. The zero-order valence-corrected chi connectivity index (χ0v) is 19.6. The van der Waals surface area contributed by atoms with Crippen LogP contribution in [0.2, 0.25) is 0 Å². The van der Waals surface area contributed by atoms with E-state index in [1.54, 1.807) is 6.07 Å². The number of hydrogen-bond acceptors (Lipinski definition) is 4. The first-order valence-electron chi connectivity index (χ1n) is 12.4. The highest BCUT2D eigenvalue weighted by Gasteiger charge is 2.52. The van der Waals surface area contributed by atoms with Gasteiger partial charge in [-0.15, -0.1) is 0 Å². The van der Waals surface area contributed by atoms with Gasteiger partial charge in [0.15, 0.2) is 0 Å². The van der Waals surface area contributed by atoms with E-state index >= 15 is 0 Å². The predicted molar refractivity (Wildman–Crippen MR) is 122 cm³/mol. The fourth-order valence-corrected chi connectivity index (χ4v) is 5.88. The zero-order chi connectivity index (χ0) is 24.8. The molecule has 1 aromatic carbocycles. The fourth-order valence-electron chi connectivity index (χ4n) is 5.88. The fraction of sp³-hybridized carbons (Fsp3) is 0.640. The number of carbonyl (C=O) groups excluding carboxylic acids is 2. The molecule has 1 atom stereocenters. The number of rotatable bonds is 3. The summed E-state index contributed by atoms with van der Waals surface area (Å²) in [6, 6.07) is 5.64. The Bertz CT molecular complexity index is 1030. The number of nitrogens with one attached hydrogen (secondary N) is 1. The van der Waals surface area contributed by atoms with Crippen molar-refractivity contribution in [2.24, 2.45) is 11.3 Å². The molecule has 0 aromatic heterocycles. The van der Waals surface area contributed by atoms with Crippen LogP contribution < -0.4 is 10.2 Å². The van der Waals surface area contributed by atoms with Crippen LogP contribution in [0.5, 0.6) is 0 Å². The quantitative estimate of drug-likeness (QED) is 0.704. The standard InChI is InChI=1S/C25H30F3N5O2/c26-25(27,28)20-13-19(6-3-17(20)14-29)33-15-21(22(34)30-18-4-5-18)24(16-33)7-11-32(12-8-24)23(35)31-9-1-2-10-31/h3,6,13,18,21H,1-2,4-5,7-12,15-16H2,(H,30,34). The van der Waals surface area contributed by atoms with Crippen molar-refractivity contribution in [3.63, 3.8) is 0 Å². The van der Waals surface area contributed by atoms with Crippen molar-refractivity contribution in [1.82, 2.24) is 15.1 Å². The molecule has 4 aliphatic rings. The summed E-state index contributed by atoms with van der Waals surface area (Å²) in [7, 11) is 0. The molecule has 1 unspecified atom stereocenters. The number of nitriles is 1. The summed E-state index contributed by atoms with van der Waals surface area (Å²) in [5.41, 5.74) is -1.41. The summed E-state index contributed by atoms with van der Waals surface area (Å²) < 4.78 is 40.7. The van der Waals surface area contributed by atoms with Gasteiger partial charge in [0.2, 0.25) is 5.91 Å². The van der Waals surface area contributed by atoms with Crippen LogP contribution in [0.15, 0.2) is 18.2 Å². The lowest BCUT2D eigenvalue weighted by atomic mass is 9.70. The van der Waals surface area contributed by atoms with Gasteiger partial charge >= 0.3 is 12.2 Å². The molecule has 3 heterocycles. The molecule has 3 amide bonds. The Morgan fingerprint density at radius 2 is 1.71 bits per heavy atom. The van der Waals surface area contributed by atoms with E-state index in [2.05, 4.69) is 5.32 Å². The zero-order valence-electron chi connectivity index (χ0n) is 19.6. The van der Waals surface area contributed by atoms with Gasteiger partial charge in [-0.05, 0) is 56.7 Å². The third kappa shape index (κ3) is 4.65. The van der Waals surface area contributed by atoms with Gasteiger partial charge in [-0.2, -0.15) is 18.4 Å². The lowest BCUT2D eigenvalue weighted by Gasteiger charge is -2.43. The van der Waals surface area contributed by atoms with Gasteiger partial charge in [-0.3, -0.25) is 4.79 Å². The molecule has 4 fully saturated rings. The molecular formula is C25H30F3N5O2. The normalized spacial score (nSPS) is 24.1. The second kappa shape index (κ2) is 8.92. The molecule has 1 aliphatic carbocycles. The van der Waals surface area contributed by atoms with Gasteiger partial charge in [-0.1, -0.05) is 0 Å². The summed E-state index contributed by atoms with van der Waals surface area (Å²) in [5, 5.41) is 12.2. The maximum Gasteiger partial charge on any atom is 0.417 e. The van der Waals surface area contributed by atoms with Crippen molar-refractivity contribution in [2.45, 2.75) is 50.7 Å². The summed E-state index contributed by atoms with van der Waals surface area (Å²) in [6.07, 6.45) is 0.583. The minimum absolute atomic E-state index is 0.0426. The molecule has 10 heteroatoms. The lowest BCUT2D eigenvalue weighted by Crippen LogP contribution is -2.52. The van der Waals surface area contributed by atoms with Crippen LogP contribution in [0.25, 0.3) is 0 Å². The van der Waals surface area contributed by atoms with E-state index in [-0.39, 0.29) is 23.9 Å². The third-order valence-electron chi connectivity index (χ3n) is 8.09. The highest BCUT2D eigenvalue weighted by molar-refractivity contribution is 5.82. The number of nitrogens with zero attached hydrogens (tertiary/aromatic N) is 4. The largest absolute Gasteiger partial charge is 0.417 e. The molecule has 3 aliphatic heterocycles. The van der Waals surface area contributed by atoms with Crippen LogP contribution in [-0.2, 0) is 11.0 Å². The number of halogens is 3. The number of urea groups is 1. The van der Waals surface area contributed by atoms with Crippen LogP contribution >= 0.6 is 0 Å². The van der Waals surface area contributed by atoms with E-state index in [9.17, 15) is 22.8 Å². The average Bonchev–Trinajstić information content (AvgIpc) is 3.33. The van der Waals surface area contributed by atoms with Crippen molar-refractivity contribution < 1.29 is 22.8 Å². The van der Waals surface area contributed by atoms with Crippen molar-refractivity contribution in [2.75, 3.05) is 44.2 Å². The van der Waals surface area contributed by atoms with Gasteiger partial charge in [0.05, 0.1) is 23.1 Å². The predicted octanol–water partition coefficient (Wildman–Crippen LogP) is 3.59. The van der Waals surface area contributed by atoms with Gasteiger partial charge < -0.3 is 20.0 Å². The second-order valence-electron chi connectivity index (χ2n) is 10.4. The number of likely N-dealkylation sites (tertiary alicyclic amines) is 2. The topological polar surface area (TPSA) is 79.7 Å². The van der Waals surface area contributed by atoms with E-state index < -0.39 is 22.7 Å². The monoisotopic (exact) mass is 489 g/mol. The molecule has 1 aromatic rings. The maximum absolute atomic E-state index is 13.6. The van der Waals surface area contributed by atoms with E-state index in [0.29, 0.717) is 44.7 Å². The van der Waals surface area contributed by atoms with Gasteiger partial charge in [0, 0.05) is 56.4 Å². The summed E-state index contributed by atoms with van der Waals surface area (Å²) >= 11 is 0. The molecule has 7 nitrogen and oxygen atoms in total. The van der Waals surface area contributed by atoms with Crippen molar-refractivity contribution in [1.29, 1.82) is 5.26 Å². The minimum Gasteiger partial charge on any atom is -0.370 e. The Labute approximate surface area is 202 Å². The Balaban J connectivity index is 1.37. The van der Waals surface area contributed by atoms with Crippen LogP contribution in [0, 0.1) is 22.7 Å². The van der Waals surface area contributed by atoms with Crippen molar-refractivity contribution in [3.8, 4) is 6.07 Å². The summed E-state index contributed by atoms with van der Waals surface area (Å²) in [4.78, 5) is 31.7. The molecule has 188 valence electrons. The third-order valence-corrected chi connectivity index (χ3v) is 8.09. The lowest BCUT2D eigenvalue weighted by molar-refractivity contribution is -0.137. The first-order valence-corrected chi connectivity index (χ1v) is 12.4. The summed E-state index contributed by atoms with van der Waals surface area (Å²) in [5.74, 6) is -0.406. The number of carbonyl (C=O) groups is 2. The number of amides is 3. The average molecular weight is 490 g/mol. The van der Waals surface area contributed by atoms with Gasteiger partial charge in [0.1, 0.15) is 0 Å². The van der Waals surface area contributed by atoms with E-state index in [1.807, 2.05) is 14.7 Å². The van der Waals surface area contributed by atoms with Gasteiger partial charge in [0.25, 0.3) is 0 Å². The second-order valence-corrected chi connectivity index (χ2v) is 10.4. The first kappa shape index (κ1) is 23.8. The molecular weight excluding hydrogens is 459 g/mol. The van der Waals surface area contributed by atoms with Crippen molar-refractivity contribution in [3.05, 3.63) is 29.3 Å². The van der Waals surface area contributed by atoms with E-state index in [4.69, 9.17) is 5.26 Å². The number of hydrogen-bond donors (Lipinski definition) is 1. The summed E-state index contributed by atoms with van der Waals surface area (Å²) in [6.45, 7) is 3.41. The first-order chi connectivity index (χ1) is 16.7. The van der Waals surface area contributed by atoms with E-state index in [0.717, 1.165) is 44.8 Å². The van der Waals surface area contributed by atoms with E-state index in [1.165, 1.54) is 12.1 Å². The molecule has 5 rings (SSSR count). The van der Waals surface area contributed by atoms with Crippen LogP contribution in [-0.4, -0.2) is 67.0 Å². The molecule has 1 spiro atoms. The molecule has 0 radical (unpaired) electrons. The number of benzene rings is 1. The smallest absolute Gasteiger partial charge is 0.370 e. The minimum atomic E-state index is -4.64. The SMILES string of the molecule is N#Cc1ccc(N2CC(C(=O)NC3CC3)C3(CCN(C(=O)N4CCCC4)CC3)C2)cc1C(F)(F)F. The highest BCUT2D eigenvalue weighted by atomic mass is 19.4. The number of anilines is 1.